The molecule has 0 aromatic carbocycles. The van der Waals surface area contributed by atoms with Crippen molar-refractivity contribution < 1.29 is 23.9 Å². The Bertz CT molecular complexity index is 1790. The molecule has 8 N–H and O–H groups in total. The standard InChI is InChI=1S/C27H32N10O4S2/c1-11-12(2)36-37(27-16(11)18(28)22(43-27)25(41)32-8-7-30-14(4)38)20-13(3)34-35-26-17(20)19(29)21(42-26)24(40)33-10-9-31-23(39)15-5-6-15/h15H,5-10H2,1-4H3,(H7-,28,29,30,31,32,33,38,39,40,41)/p+1. The normalized spacial score (nSPS) is 12.8. The Morgan fingerprint density at radius 1 is 0.814 bits per heavy atom. The topological polar surface area (TPSA) is 211 Å². The van der Waals surface area contributed by atoms with E-state index in [4.69, 9.17) is 16.6 Å². The van der Waals surface area contributed by atoms with Crippen LogP contribution in [0, 0.1) is 26.7 Å². The van der Waals surface area contributed by atoms with Gasteiger partial charge in [-0.05, 0) is 43.9 Å². The Morgan fingerprint density at radius 2 is 1.40 bits per heavy atom. The summed E-state index contributed by atoms with van der Waals surface area (Å²) >= 11 is 2.29. The van der Waals surface area contributed by atoms with Crippen molar-refractivity contribution >= 4 is 78.1 Å². The van der Waals surface area contributed by atoms with Gasteiger partial charge in [0.2, 0.25) is 11.8 Å². The summed E-state index contributed by atoms with van der Waals surface area (Å²) in [5, 5.41) is 25.7. The quantitative estimate of drug-likeness (QED) is 0.108. The third kappa shape index (κ3) is 5.92. The number of hydrogen-bond donors (Lipinski definition) is 6. The highest BCUT2D eigenvalue weighted by atomic mass is 32.1. The first kappa shape index (κ1) is 30.0. The first-order chi connectivity index (χ1) is 20.5. The number of nitrogens with zero attached hydrogens (tertiary/aromatic N) is 4. The number of nitrogen functional groups attached to an aromatic ring is 2. The molecule has 1 aliphatic rings. The Kier molecular flexibility index (Phi) is 8.41. The molecule has 0 unspecified atom stereocenters. The second-order valence-corrected chi connectivity index (χ2v) is 12.4. The summed E-state index contributed by atoms with van der Waals surface area (Å²) in [6, 6.07) is 0. The summed E-state index contributed by atoms with van der Waals surface area (Å²) in [6.07, 6.45) is 1.82. The number of carbonyl (C=O) groups excluding carboxylic acids is 4. The van der Waals surface area contributed by atoms with Crippen LogP contribution in [0.2, 0.25) is 0 Å². The lowest BCUT2D eigenvalue weighted by Crippen LogP contribution is -2.38. The molecule has 0 spiro atoms. The van der Waals surface area contributed by atoms with Crippen molar-refractivity contribution in [3.63, 3.8) is 0 Å². The van der Waals surface area contributed by atoms with Crippen molar-refractivity contribution in [3.8, 4) is 5.69 Å². The molecule has 4 aromatic heterocycles. The van der Waals surface area contributed by atoms with Crippen LogP contribution in [0.5, 0.6) is 0 Å². The molecule has 14 nitrogen and oxygen atoms in total. The molecule has 5 rings (SSSR count). The molecular weight excluding hydrogens is 592 g/mol. The number of amides is 4. The van der Waals surface area contributed by atoms with Crippen LogP contribution in [-0.2, 0) is 9.59 Å². The summed E-state index contributed by atoms with van der Waals surface area (Å²) in [7, 11) is 0. The molecule has 4 amide bonds. The lowest BCUT2D eigenvalue weighted by Gasteiger charge is -2.06. The lowest BCUT2D eigenvalue weighted by molar-refractivity contribution is -0.630. The number of aryl methyl sites for hydroxylation is 3. The number of nitrogens with two attached hydrogens (primary N) is 2. The predicted octanol–water partition coefficient (Wildman–Crippen LogP) is 0.789. The molecule has 0 bridgehead atoms. The summed E-state index contributed by atoms with van der Waals surface area (Å²) < 4.78 is 1.66. The molecule has 43 heavy (non-hydrogen) atoms. The molecule has 1 aliphatic carbocycles. The van der Waals surface area contributed by atoms with E-state index < -0.39 is 0 Å². The van der Waals surface area contributed by atoms with E-state index in [0.717, 1.165) is 29.7 Å². The van der Waals surface area contributed by atoms with Crippen LogP contribution in [0.25, 0.3) is 26.1 Å². The average molecular weight is 626 g/mol. The second-order valence-electron chi connectivity index (χ2n) is 10.4. The van der Waals surface area contributed by atoms with Gasteiger partial charge in [0.1, 0.15) is 26.5 Å². The van der Waals surface area contributed by atoms with E-state index in [9.17, 15) is 19.2 Å². The third-order valence-corrected chi connectivity index (χ3v) is 9.42. The van der Waals surface area contributed by atoms with E-state index in [1.807, 2.05) is 13.8 Å². The van der Waals surface area contributed by atoms with Gasteiger partial charge in [0, 0.05) is 44.1 Å². The summed E-state index contributed by atoms with van der Waals surface area (Å²) in [4.78, 5) is 50.8. The van der Waals surface area contributed by atoms with E-state index in [1.165, 1.54) is 18.3 Å². The van der Waals surface area contributed by atoms with E-state index in [-0.39, 0.29) is 59.7 Å². The maximum atomic E-state index is 13.1. The van der Waals surface area contributed by atoms with Gasteiger partial charge in [0.15, 0.2) is 4.83 Å². The molecular formula is C27H33N10O4S2+. The van der Waals surface area contributed by atoms with Crippen LogP contribution in [0.4, 0.5) is 11.4 Å². The number of nitrogens with one attached hydrogen (secondary N) is 4. The zero-order valence-corrected chi connectivity index (χ0v) is 25.8. The molecule has 4 aromatic rings. The molecule has 1 fully saturated rings. The third-order valence-electron chi connectivity index (χ3n) is 7.15. The van der Waals surface area contributed by atoms with E-state index in [1.54, 1.807) is 11.6 Å². The Hall–Kier alpha value is -4.44. The van der Waals surface area contributed by atoms with Gasteiger partial charge in [-0.25, -0.2) is 0 Å². The van der Waals surface area contributed by atoms with Crippen LogP contribution in [-0.4, -0.2) is 65.1 Å². The smallest absolute Gasteiger partial charge is 0.304 e. The molecule has 1 saturated carbocycles. The first-order valence-electron chi connectivity index (χ1n) is 13.7. The SMILES string of the molecule is CC(=O)NCCNC(=O)c1sc2c(c(C)c(C)n[n+]2-c2c(C)nnc3sc(C(=O)NCCNC(=O)C4CC4)c(N)c23)c1N. The van der Waals surface area contributed by atoms with Crippen LogP contribution in [0.1, 0.15) is 56.1 Å². The van der Waals surface area contributed by atoms with Gasteiger partial charge in [-0.15, -0.1) is 21.5 Å². The zero-order valence-electron chi connectivity index (χ0n) is 24.2. The number of carbonyl (C=O) groups is 4. The molecule has 4 heterocycles. The Morgan fingerprint density at radius 3 is 2.02 bits per heavy atom. The largest absolute Gasteiger partial charge is 0.397 e. The van der Waals surface area contributed by atoms with Gasteiger partial charge >= 0.3 is 4.83 Å². The van der Waals surface area contributed by atoms with Crippen LogP contribution in [0.15, 0.2) is 0 Å². The van der Waals surface area contributed by atoms with E-state index in [0.29, 0.717) is 54.6 Å². The highest BCUT2D eigenvalue weighted by molar-refractivity contribution is 7.21. The Balaban J connectivity index is 1.50. The number of thiophene rings is 2. The predicted molar refractivity (Wildman–Crippen MR) is 164 cm³/mol. The molecule has 0 radical (unpaired) electrons. The van der Waals surface area contributed by atoms with Gasteiger partial charge < -0.3 is 32.7 Å². The molecule has 16 heteroatoms. The van der Waals surface area contributed by atoms with Crippen molar-refractivity contribution in [3.05, 3.63) is 26.7 Å². The highest BCUT2D eigenvalue weighted by Gasteiger charge is 2.33. The number of hydrogen-bond acceptors (Lipinski definition) is 11. The summed E-state index contributed by atoms with van der Waals surface area (Å²) in [5.41, 5.74) is 16.2. The summed E-state index contributed by atoms with van der Waals surface area (Å²) in [6.45, 7) is 7.99. The van der Waals surface area contributed by atoms with Crippen LogP contribution < -0.4 is 37.4 Å². The molecule has 0 saturated heterocycles. The Labute approximate surface area is 254 Å². The van der Waals surface area contributed by atoms with E-state index in [2.05, 4.69) is 31.5 Å². The number of anilines is 2. The number of rotatable bonds is 10. The monoisotopic (exact) mass is 625 g/mol. The van der Waals surface area contributed by atoms with Gasteiger partial charge in [-0.1, -0.05) is 11.3 Å². The average Bonchev–Trinajstić information content (AvgIpc) is 3.69. The molecule has 0 atom stereocenters. The lowest BCUT2D eigenvalue weighted by atomic mass is 10.1. The second kappa shape index (κ2) is 12.0. The number of aromatic nitrogens is 4. The highest BCUT2D eigenvalue weighted by Crippen LogP contribution is 2.38. The van der Waals surface area contributed by atoms with Gasteiger partial charge in [0.25, 0.3) is 17.5 Å². The van der Waals surface area contributed by atoms with Gasteiger partial charge in [-0.2, -0.15) is 0 Å². The van der Waals surface area contributed by atoms with Crippen LogP contribution >= 0.6 is 22.7 Å². The minimum atomic E-state index is -0.383. The maximum Gasteiger partial charge on any atom is 0.304 e. The maximum absolute atomic E-state index is 13.1. The van der Waals surface area contributed by atoms with Gasteiger partial charge in [-0.3, -0.25) is 19.2 Å². The van der Waals surface area contributed by atoms with Crippen molar-refractivity contribution in [1.29, 1.82) is 0 Å². The molecule has 226 valence electrons. The van der Waals surface area contributed by atoms with Gasteiger partial charge in [0.05, 0.1) is 16.8 Å². The summed E-state index contributed by atoms with van der Waals surface area (Å²) in [5.74, 6) is -0.838. The first-order valence-corrected chi connectivity index (χ1v) is 15.4. The fourth-order valence-electron chi connectivity index (χ4n) is 4.65. The van der Waals surface area contributed by atoms with Crippen molar-refractivity contribution in [2.45, 2.75) is 40.5 Å². The van der Waals surface area contributed by atoms with Crippen molar-refractivity contribution in [2.24, 2.45) is 5.92 Å². The number of fused-ring (bicyclic) bond motifs is 2. The van der Waals surface area contributed by atoms with E-state index >= 15 is 0 Å². The van der Waals surface area contributed by atoms with Crippen LogP contribution in [0.3, 0.4) is 0 Å². The fraction of sp³-hybridized carbons (Fsp3) is 0.407. The fourth-order valence-corrected chi connectivity index (χ4v) is 6.76. The van der Waals surface area contributed by atoms with Crippen molar-refractivity contribution in [1.82, 2.24) is 36.6 Å². The minimum Gasteiger partial charge on any atom is -0.397 e. The zero-order chi connectivity index (χ0) is 31.0. The molecule has 0 aliphatic heterocycles. The van der Waals surface area contributed by atoms with Crippen molar-refractivity contribution in [2.75, 3.05) is 37.6 Å². The minimum absolute atomic E-state index is 0.00934.